The monoisotopic (exact) mass is 429 g/mol. The lowest BCUT2D eigenvalue weighted by atomic mass is 10.1. The van der Waals surface area contributed by atoms with Crippen LogP contribution in [-0.4, -0.2) is 55.7 Å². The largest absolute Gasteiger partial charge is 0.491 e. The summed E-state index contributed by atoms with van der Waals surface area (Å²) in [6.45, 7) is 3.55. The highest BCUT2D eigenvalue weighted by Gasteiger charge is 2.09. The maximum Gasteiger partial charge on any atom is 0.257 e. The molecule has 0 fully saturated rings. The molecule has 0 atom stereocenters. The zero-order chi connectivity index (χ0) is 21.9. The number of ether oxygens (including phenoxy) is 2. The van der Waals surface area contributed by atoms with Gasteiger partial charge in [-0.15, -0.1) is 0 Å². The van der Waals surface area contributed by atoms with Crippen LogP contribution in [0.1, 0.15) is 22.8 Å². The van der Waals surface area contributed by atoms with Crippen LogP contribution in [0.25, 0.3) is 0 Å². The molecule has 0 bridgehead atoms. The standard InChI is InChI=1S/C22H27N3O4S/c1-4-28-13-14-29-19-11-7-17(8-12-19)21(27)24-22(30)23-18-9-5-16(6-10-18)15-20(26)25(2)3/h5-12H,4,13-15H2,1-3H3,(H2,23,24,27,30). The molecule has 0 radical (unpaired) electrons. The maximum atomic E-state index is 12.4. The fourth-order valence-electron chi connectivity index (χ4n) is 2.44. The number of hydrogen-bond acceptors (Lipinski definition) is 5. The molecular formula is C22H27N3O4S. The lowest BCUT2D eigenvalue weighted by Crippen LogP contribution is -2.34. The first-order valence-corrected chi connectivity index (χ1v) is 10.0. The van der Waals surface area contributed by atoms with Gasteiger partial charge in [-0.05, 0) is 61.1 Å². The van der Waals surface area contributed by atoms with Crippen molar-refractivity contribution in [3.63, 3.8) is 0 Å². The van der Waals surface area contributed by atoms with Crippen LogP contribution in [0, 0.1) is 0 Å². The highest BCUT2D eigenvalue weighted by atomic mass is 32.1. The fraction of sp³-hybridized carbons (Fsp3) is 0.318. The van der Waals surface area contributed by atoms with Crippen molar-refractivity contribution < 1.29 is 19.1 Å². The molecular weight excluding hydrogens is 402 g/mol. The quantitative estimate of drug-likeness (QED) is 0.471. The Labute approximate surface area is 182 Å². The van der Waals surface area contributed by atoms with Crippen molar-refractivity contribution in [2.24, 2.45) is 0 Å². The first-order chi connectivity index (χ1) is 14.4. The van der Waals surface area contributed by atoms with Gasteiger partial charge in [-0.2, -0.15) is 0 Å². The van der Waals surface area contributed by atoms with E-state index >= 15 is 0 Å². The van der Waals surface area contributed by atoms with Crippen LogP contribution < -0.4 is 15.4 Å². The summed E-state index contributed by atoms with van der Waals surface area (Å²) in [4.78, 5) is 25.7. The number of amides is 2. The number of carbonyl (C=O) groups excluding carboxylic acids is 2. The Kier molecular flexibility index (Phi) is 9.24. The lowest BCUT2D eigenvalue weighted by Gasteiger charge is -2.12. The van der Waals surface area contributed by atoms with Gasteiger partial charge in [0.25, 0.3) is 5.91 Å². The number of benzene rings is 2. The smallest absolute Gasteiger partial charge is 0.257 e. The number of carbonyl (C=O) groups is 2. The van der Waals surface area contributed by atoms with Gasteiger partial charge in [0.05, 0.1) is 13.0 Å². The summed E-state index contributed by atoms with van der Waals surface area (Å²) in [5.74, 6) is 0.380. The number of hydrogen-bond donors (Lipinski definition) is 2. The van der Waals surface area contributed by atoms with Crippen LogP contribution in [0.5, 0.6) is 5.75 Å². The molecule has 2 aromatic carbocycles. The van der Waals surface area contributed by atoms with E-state index < -0.39 is 0 Å². The van der Waals surface area contributed by atoms with Gasteiger partial charge in [0, 0.05) is 32.0 Å². The molecule has 0 heterocycles. The average Bonchev–Trinajstić information content (AvgIpc) is 2.73. The molecule has 0 aliphatic rings. The first kappa shape index (κ1) is 23.3. The molecule has 0 aliphatic carbocycles. The van der Waals surface area contributed by atoms with Crippen molar-refractivity contribution in [1.29, 1.82) is 0 Å². The van der Waals surface area contributed by atoms with E-state index in [-0.39, 0.29) is 16.9 Å². The van der Waals surface area contributed by atoms with Crippen LogP contribution >= 0.6 is 12.2 Å². The minimum atomic E-state index is -0.318. The average molecular weight is 430 g/mol. The summed E-state index contributed by atoms with van der Waals surface area (Å²) in [7, 11) is 3.45. The molecule has 0 saturated heterocycles. The van der Waals surface area contributed by atoms with Crippen LogP contribution in [0.15, 0.2) is 48.5 Å². The number of rotatable bonds is 9. The third kappa shape index (κ3) is 7.81. The van der Waals surface area contributed by atoms with Gasteiger partial charge in [0.2, 0.25) is 5.91 Å². The molecule has 7 nitrogen and oxygen atoms in total. The number of nitrogens with one attached hydrogen (secondary N) is 2. The molecule has 0 aromatic heterocycles. The molecule has 160 valence electrons. The normalized spacial score (nSPS) is 10.2. The Bertz CT molecular complexity index is 852. The van der Waals surface area contributed by atoms with Gasteiger partial charge in [0.15, 0.2) is 5.11 Å². The van der Waals surface area contributed by atoms with Gasteiger partial charge in [-0.25, -0.2) is 0 Å². The molecule has 2 amide bonds. The summed E-state index contributed by atoms with van der Waals surface area (Å²) in [5, 5.41) is 5.80. The second-order valence-electron chi connectivity index (χ2n) is 6.64. The Balaban J connectivity index is 1.82. The van der Waals surface area contributed by atoms with Crippen molar-refractivity contribution >= 4 is 34.8 Å². The summed E-state index contributed by atoms with van der Waals surface area (Å²) in [5.41, 5.74) is 2.09. The van der Waals surface area contributed by atoms with E-state index in [4.69, 9.17) is 21.7 Å². The Morgan fingerprint density at radius 1 is 1.00 bits per heavy atom. The van der Waals surface area contributed by atoms with Gasteiger partial charge >= 0.3 is 0 Å². The van der Waals surface area contributed by atoms with E-state index in [1.54, 1.807) is 43.3 Å². The van der Waals surface area contributed by atoms with E-state index in [9.17, 15) is 9.59 Å². The second kappa shape index (κ2) is 11.9. The molecule has 2 aromatic rings. The topological polar surface area (TPSA) is 79.9 Å². The van der Waals surface area contributed by atoms with Crippen molar-refractivity contribution in [3.05, 3.63) is 59.7 Å². The zero-order valence-electron chi connectivity index (χ0n) is 17.4. The second-order valence-corrected chi connectivity index (χ2v) is 7.05. The molecule has 2 N–H and O–H groups in total. The van der Waals surface area contributed by atoms with E-state index in [1.807, 2.05) is 31.2 Å². The molecule has 0 spiro atoms. The van der Waals surface area contributed by atoms with Crippen LogP contribution in [0.4, 0.5) is 5.69 Å². The predicted molar refractivity (Wildman–Crippen MR) is 121 cm³/mol. The summed E-state index contributed by atoms with van der Waals surface area (Å²) in [6, 6.07) is 14.1. The zero-order valence-corrected chi connectivity index (χ0v) is 18.3. The molecule has 8 heteroatoms. The SMILES string of the molecule is CCOCCOc1ccc(C(=O)NC(=S)Nc2ccc(CC(=O)N(C)C)cc2)cc1. The first-order valence-electron chi connectivity index (χ1n) is 9.61. The lowest BCUT2D eigenvalue weighted by molar-refractivity contribution is -0.127. The van der Waals surface area contributed by atoms with Gasteiger partial charge in [-0.1, -0.05) is 12.1 Å². The van der Waals surface area contributed by atoms with Crippen molar-refractivity contribution in [2.75, 3.05) is 39.2 Å². The van der Waals surface area contributed by atoms with Gasteiger partial charge < -0.3 is 19.7 Å². The van der Waals surface area contributed by atoms with E-state index in [0.29, 0.717) is 37.6 Å². The fourth-order valence-corrected chi connectivity index (χ4v) is 2.65. The van der Waals surface area contributed by atoms with E-state index in [1.165, 1.54) is 0 Å². The van der Waals surface area contributed by atoms with E-state index in [2.05, 4.69) is 10.6 Å². The molecule has 2 rings (SSSR count). The molecule has 30 heavy (non-hydrogen) atoms. The van der Waals surface area contributed by atoms with Crippen LogP contribution in [0.3, 0.4) is 0 Å². The molecule has 0 aliphatic heterocycles. The summed E-state index contributed by atoms with van der Waals surface area (Å²) < 4.78 is 10.7. The predicted octanol–water partition coefficient (Wildman–Crippen LogP) is 2.86. The maximum absolute atomic E-state index is 12.4. The Morgan fingerprint density at radius 2 is 1.67 bits per heavy atom. The van der Waals surface area contributed by atoms with Gasteiger partial charge in [-0.3, -0.25) is 14.9 Å². The highest BCUT2D eigenvalue weighted by Crippen LogP contribution is 2.13. The highest BCUT2D eigenvalue weighted by molar-refractivity contribution is 7.80. The third-order valence-electron chi connectivity index (χ3n) is 4.11. The van der Waals surface area contributed by atoms with Crippen LogP contribution in [-0.2, 0) is 16.0 Å². The molecule has 0 unspecified atom stereocenters. The third-order valence-corrected chi connectivity index (χ3v) is 4.31. The van der Waals surface area contributed by atoms with Crippen molar-refractivity contribution in [3.8, 4) is 5.75 Å². The summed E-state index contributed by atoms with van der Waals surface area (Å²) >= 11 is 5.21. The van der Waals surface area contributed by atoms with Crippen molar-refractivity contribution in [2.45, 2.75) is 13.3 Å². The van der Waals surface area contributed by atoms with Gasteiger partial charge in [0.1, 0.15) is 12.4 Å². The van der Waals surface area contributed by atoms with Crippen molar-refractivity contribution in [1.82, 2.24) is 10.2 Å². The summed E-state index contributed by atoms with van der Waals surface area (Å²) in [6.07, 6.45) is 0.333. The number of thiocarbonyl (C=S) groups is 1. The van der Waals surface area contributed by atoms with Crippen LogP contribution in [0.2, 0.25) is 0 Å². The number of anilines is 1. The molecule has 0 saturated carbocycles. The number of likely N-dealkylation sites (N-methyl/N-ethyl adjacent to an activating group) is 1. The Morgan fingerprint density at radius 3 is 2.27 bits per heavy atom. The minimum Gasteiger partial charge on any atom is -0.491 e. The minimum absolute atomic E-state index is 0.0317. The Hall–Kier alpha value is -2.97. The van der Waals surface area contributed by atoms with E-state index in [0.717, 1.165) is 11.3 Å². The number of nitrogens with zero attached hydrogens (tertiary/aromatic N) is 1.